The molecule has 5 rings (SSSR count). The Balaban J connectivity index is 1.55. The van der Waals surface area contributed by atoms with Gasteiger partial charge in [0.25, 0.3) is 5.91 Å². The molecule has 1 aromatic heterocycles. The van der Waals surface area contributed by atoms with E-state index in [-0.39, 0.29) is 19.9 Å². The van der Waals surface area contributed by atoms with Gasteiger partial charge in [0.1, 0.15) is 12.6 Å². The number of benzene rings is 2. The smallest absolute Gasteiger partial charge is 0.326 e. The number of carbonyl (C=O) groups excluding carboxylic acids is 2. The maximum Gasteiger partial charge on any atom is 0.326 e. The summed E-state index contributed by atoms with van der Waals surface area (Å²) in [6.45, 7) is 3.79. The summed E-state index contributed by atoms with van der Waals surface area (Å²) in [6.07, 6.45) is -1.44. The molecule has 10 heteroatoms. The van der Waals surface area contributed by atoms with Gasteiger partial charge in [0, 0.05) is 12.1 Å². The van der Waals surface area contributed by atoms with Gasteiger partial charge in [0.05, 0.1) is 16.8 Å². The van der Waals surface area contributed by atoms with E-state index < -0.39 is 24.1 Å². The average Bonchev–Trinajstić information content (AvgIpc) is 3.35. The number of aromatic nitrogens is 1. The first kappa shape index (κ1) is 20.4. The topological polar surface area (TPSA) is 97.6 Å². The Morgan fingerprint density at radius 1 is 1.12 bits per heavy atom. The third kappa shape index (κ3) is 3.66. The SMILES string of the molecule is CCOC(=O)Cn1c(=NC(=O)C2Oc3ccccc3OC2C)sc2cc3c(cc21)OCO3. The number of esters is 1. The van der Waals surface area contributed by atoms with Crippen LogP contribution >= 0.6 is 11.3 Å². The van der Waals surface area contributed by atoms with Gasteiger partial charge in [-0.2, -0.15) is 4.99 Å². The first-order chi connectivity index (χ1) is 15.5. The molecule has 2 aliphatic heterocycles. The highest BCUT2D eigenvalue weighted by Gasteiger charge is 2.34. The Kier molecular flexibility index (Phi) is 5.22. The molecule has 9 nitrogen and oxygen atoms in total. The number of thiazole rings is 1. The van der Waals surface area contributed by atoms with E-state index in [1.54, 1.807) is 42.7 Å². The zero-order chi connectivity index (χ0) is 22.2. The van der Waals surface area contributed by atoms with Crippen molar-refractivity contribution in [2.45, 2.75) is 32.6 Å². The quantitative estimate of drug-likeness (QED) is 0.557. The van der Waals surface area contributed by atoms with Crippen LogP contribution in [0.5, 0.6) is 23.0 Å². The lowest BCUT2D eigenvalue weighted by Crippen LogP contribution is -2.43. The molecule has 0 spiro atoms. The van der Waals surface area contributed by atoms with Crippen LogP contribution in [0.4, 0.5) is 0 Å². The lowest BCUT2D eigenvalue weighted by atomic mass is 10.1. The molecule has 32 heavy (non-hydrogen) atoms. The fraction of sp³-hybridized carbons (Fsp3) is 0.318. The van der Waals surface area contributed by atoms with E-state index in [9.17, 15) is 9.59 Å². The third-order valence-electron chi connectivity index (χ3n) is 5.06. The summed E-state index contributed by atoms with van der Waals surface area (Å²) < 4.78 is 30.2. The van der Waals surface area contributed by atoms with Crippen molar-refractivity contribution < 1.29 is 33.3 Å². The number of rotatable bonds is 4. The molecule has 2 atom stereocenters. The van der Waals surface area contributed by atoms with E-state index in [2.05, 4.69) is 4.99 Å². The lowest BCUT2D eigenvalue weighted by molar-refractivity contribution is -0.143. The average molecular weight is 456 g/mol. The van der Waals surface area contributed by atoms with Crippen LogP contribution in [0.2, 0.25) is 0 Å². The first-order valence-corrected chi connectivity index (χ1v) is 10.9. The number of nitrogens with zero attached hydrogens (tertiary/aromatic N) is 2. The number of hydrogen-bond acceptors (Lipinski definition) is 8. The Morgan fingerprint density at radius 2 is 1.84 bits per heavy atom. The summed E-state index contributed by atoms with van der Waals surface area (Å²) in [5, 5.41) is 0. The molecule has 2 aliphatic rings. The molecule has 0 N–H and O–H groups in total. The number of hydrogen-bond donors (Lipinski definition) is 0. The molecule has 0 radical (unpaired) electrons. The summed E-state index contributed by atoms with van der Waals surface area (Å²) in [5.74, 6) is 1.31. The Bertz CT molecular complexity index is 1280. The minimum atomic E-state index is -0.914. The van der Waals surface area contributed by atoms with Gasteiger partial charge in [0.15, 0.2) is 27.8 Å². The van der Waals surface area contributed by atoms with Crippen molar-refractivity contribution >= 4 is 33.4 Å². The van der Waals surface area contributed by atoms with E-state index in [4.69, 9.17) is 23.7 Å². The monoisotopic (exact) mass is 456 g/mol. The van der Waals surface area contributed by atoms with Crippen molar-refractivity contribution in [1.82, 2.24) is 4.57 Å². The highest BCUT2D eigenvalue weighted by Crippen LogP contribution is 2.37. The molecule has 0 bridgehead atoms. The van der Waals surface area contributed by atoms with E-state index in [1.165, 1.54) is 11.3 Å². The molecule has 0 saturated carbocycles. The van der Waals surface area contributed by atoms with Gasteiger partial charge in [-0.25, -0.2) is 0 Å². The fourth-order valence-corrected chi connectivity index (χ4v) is 4.63. The van der Waals surface area contributed by atoms with Gasteiger partial charge in [-0.1, -0.05) is 23.5 Å². The standard InChI is InChI=1S/C22H20N2O7S/c1-3-27-19(25)10-24-13-8-16-17(29-11-28-16)9-18(13)32-22(24)23-21(26)20-12(2)30-14-6-4-5-7-15(14)31-20/h4-9,12,20H,3,10-11H2,1-2H3. The number of fused-ring (bicyclic) bond motifs is 3. The summed E-state index contributed by atoms with van der Waals surface area (Å²) in [6, 6.07) is 10.7. The molecule has 0 aliphatic carbocycles. The van der Waals surface area contributed by atoms with E-state index in [0.717, 1.165) is 4.70 Å². The predicted molar refractivity (Wildman–Crippen MR) is 114 cm³/mol. The first-order valence-electron chi connectivity index (χ1n) is 10.1. The van der Waals surface area contributed by atoms with Gasteiger partial charge >= 0.3 is 5.97 Å². The molecule has 2 aromatic carbocycles. The Morgan fingerprint density at radius 3 is 2.59 bits per heavy atom. The molecule has 0 saturated heterocycles. The van der Waals surface area contributed by atoms with Crippen LogP contribution < -0.4 is 23.7 Å². The second kappa shape index (κ2) is 8.19. The van der Waals surface area contributed by atoms with Crippen LogP contribution in [0.25, 0.3) is 10.2 Å². The number of ether oxygens (including phenoxy) is 5. The van der Waals surface area contributed by atoms with Crippen molar-refractivity contribution in [1.29, 1.82) is 0 Å². The number of amides is 1. The van der Waals surface area contributed by atoms with Gasteiger partial charge in [0.2, 0.25) is 12.9 Å². The summed E-state index contributed by atoms with van der Waals surface area (Å²) in [4.78, 5) is 30.0. The maximum atomic E-state index is 13.1. The molecule has 166 valence electrons. The summed E-state index contributed by atoms with van der Waals surface area (Å²) >= 11 is 1.26. The van der Waals surface area contributed by atoms with Crippen LogP contribution in [-0.4, -0.2) is 42.1 Å². The molecule has 0 fully saturated rings. The predicted octanol–water partition coefficient (Wildman–Crippen LogP) is 2.65. The molecular formula is C22H20N2O7S. The highest BCUT2D eigenvalue weighted by molar-refractivity contribution is 7.16. The van der Waals surface area contributed by atoms with Crippen molar-refractivity contribution in [2.75, 3.05) is 13.4 Å². The maximum absolute atomic E-state index is 13.1. The van der Waals surface area contributed by atoms with E-state index >= 15 is 0 Å². The molecule has 3 aromatic rings. The van der Waals surface area contributed by atoms with Crippen molar-refractivity contribution in [3.8, 4) is 23.0 Å². The number of carbonyl (C=O) groups is 2. The summed E-state index contributed by atoms with van der Waals surface area (Å²) in [5.41, 5.74) is 0.693. The van der Waals surface area contributed by atoms with E-state index in [0.29, 0.717) is 33.3 Å². The molecule has 1 amide bonds. The van der Waals surface area contributed by atoms with Gasteiger partial charge in [-0.15, -0.1) is 0 Å². The summed E-state index contributed by atoms with van der Waals surface area (Å²) in [7, 11) is 0. The van der Waals surface area contributed by atoms with Crippen molar-refractivity contribution in [3.63, 3.8) is 0 Å². The minimum Gasteiger partial charge on any atom is -0.482 e. The van der Waals surface area contributed by atoms with Gasteiger partial charge < -0.3 is 28.3 Å². The van der Waals surface area contributed by atoms with Crippen LogP contribution in [0.1, 0.15) is 13.8 Å². The van der Waals surface area contributed by atoms with Gasteiger partial charge in [-0.3, -0.25) is 9.59 Å². The van der Waals surface area contributed by atoms with Crippen LogP contribution in [-0.2, 0) is 20.9 Å². The Labute approximate surface area is 186 Å². The molecule has 2 unspecified atom stereocenters. The highest BCUT2D eigenvalue weighted by atomic mass is 32.1. The third-order valence-corrected chi connectivity index (χ3v) is 6.10. The zero-order valence-electron chi connectivity index (χ0n) is 17.4. The Hall–Kier alpha value is -3.53. The zero-order valence-corrected chi connectivity index (χ0v) is 18.2. The van der Waals surface area contributed by atoms with E-state index in [1.807, 2.05) is 12.1 Å². The number of para-hydroxylation sites is 2. The fourth-order valence-electron chi connectivity index (χ4n) is 3.58. The normalized spacial score (nSPS) is 19.2. The van der Waals surface area contributed by atoms with Crippen molar-refractivity contribution in [2.24, 2.45) is 4.99 Å². The second-order valence-corrected chi connectivity index (χ2v) is 8.22. The van der Waals surface area contributed by atoms with Crippen molar-refractivity contribution in [3.05, 3.63) is 41.2 Å². The largest absolute Gasteiger partial charge is 0.482 e. The van der Waals surface area contributed by atoms with Gasteiger partial charge in [-0.05, 0) is 26.0 Å². The van der Waals surface area contributed by atoms with Crippen LogP contribution in [0, 0.1) is 0 Å². The van der Waals surface area contributed by atoms with Crippen LogP contribution in [0.15, 0.2) is 41.4 Å². The minimum absolute atomic E-state index is 0.0972. The van der Waals surface area contributed by atoms with Crippen LogP contribution in [0.3, 0.4) is 0 Å². The molecular weight excluding hydrogens is 436 g/mol. The lowest BCUT2D eigenvalue weighted by Gasteiger charge is -2.29. The molecule has 3 heterocycles. The second-order valence-electron chi connectivity index (χ2n) is 7.21.